The summed E-state index contributed by atoms with van der Waals surface area (Å²) < 4.78 is 42.8. The Morgan fingerprint density at radius 1 is 1.12 bits per heavy atom. The number of allylic oxidation sites excluding steroid dienone is 2. The molecule has 2 aromatic rings. The summed E-state index contributed by atoms with van der Waals surface area (Å²) in [7, 11) is 0. The first-order chi connectivity index (χ1) is 16.3. The molecule has 0 aliphatic heterocycles. The van der Waals surface area contributed by atoms with Gasteiger partial charge in [0.15, 0.2) is 0 Å². The van der Waals surface area contributed by atoms with Gasteiger partial charge in [0, 0.05) is 18.1 Å². The minimum atomic E-state index is -0.934. The Kier molecular flexibility index (Phi) is 10.7. The summed E-state index contributed by atoms with van der Waals surface area (Å²) in [4.78, 5) is 23.9. The number of hydrogen-bond donors (Lipinski definition) is 2. The third kappa shape index (κ3) is 8.67. The Balaban J connectivity index is 2.18. The van der Waals surface area contributed by atoms with Crippen molar-refractivity contribution < 1.29 is 37.7 Å². The van der Waals surface area contributed by atoms with Crippen LogP contribution in [0.15, 0.2) is 66.8 Å². The number of ether oxygens (including phenoxy) is 3. The van der Waals surface area contributed by atoms with Gasteiger partial charge in [0.25, 0.3) is 0 Å². The second kappa shape index (κ2) is 13.7. The number of aliphatic hydroxyl groups excluding tert-OH is 1. The largest absolute Gasteiger partial charge is 0.491 e. The van der Waals surface area contributed by atoms with Gasteiger partial charge in [-0.15, -0.1) is 0 Å². The first-order valence-electron chi connectivity index (χ1n) is 10.6. The molecule has 0 saturated carbocycles. The summed E-state index contributed by atoms with van der Waals surface area (Å²) in [5, 5.41) is 11.2. The number of hydrogen-bond acceptors (Lipinski definition) is 6. The predicted molar refractivity (Wildman–Crippen MR) is 122 cm³/mol. The molecule has 2 aromatic carbocycles. The highest BCUT2D eigenvalue weighted by Gasteiger charge is 2.23. The van der Waals surface area contributed by atoms with E-state index in [1.807, 2.05) is 0 Å². The highest BCUT2D eigenvalue weighted by Crippen LogP contribution is 2.29. The first kappa shape index (κ1) is 26.5. The van der Waals surface area contributed by atoms with Crippen LogP contribution in [0.4, 0.5) is 19.3 Å². The van der Waals surface area contributed by atoms with Crippen LogP contribution in [0.2, 0.25) is 0 Å². The van der Waals surface area contributed by atoms with Gasteiger partial charge in [-0.25, -0.2) is 18.4 Å². The van der Waals surface area contributed by atoms with Gasteiger partial charge in [-0.1, -0.05) is 37.3 Å². The smallest absolute Gasteiger partial charge is 0.412 e. The molecule has 0 bridgehead atoms. The van der Waals surface area contributed by atoms with Crippen LogP contribution in [0.5, 0.6) is 5.75 Å². The molecule has 0 aliphatic rings. The quantitative estimate of drug-likeness (QED) is 0.272. The Hall–Kier alpha value is -3.72. The maximum atomic E-state index is 13.9. The Bertz CT molecular complexity index is 1010. The minimum Gasteiger partial charge on any atom is -0.491 e. The minimum absolute atomic E-state index is 0.130. The Labute approximate surface area is 196 Å². The van der Waals surface area contributed by atoms with Crippen LogP contribution in [-0.4, -0.2) is 37.0 Å². The molecule has 7 nitrogen and oxygen atoms in total. The molecular formula is C25H27F2NO6. The molecule has 2 N–H and O–H groups in total. The van der Waals surface area contributed by atoms with E-state index in [0.29, 0.717) is 17.4 Å². The van der Waals surface area contributed by atoms with E-state index in [-0.39, 0.29) is 31.4 Å². The molecule has 0 saturated heterocycles. The Morgan fingerprint density at radius 2 is 1.85 bits per heavy atom. The van der Waals surface area contributed by atoms with Crippen molar-refractivity contribution in [2.75, 3.05) is 25.1 Å². The zero-order chi connectivity index (χ0) is 24.9. The maximum Gasteiger partial charge on any atom is 0.412 e. The second-order valence-corrected chi connectivity index (χ2v) is 7.07. The van der Waals surface area contributed by atoms with Gasteiger partial charge in [-0.05, 0) is 36.8 Å². The number of aliphatic hydroxyl groups is 1. The van der Waals surface area contributed by atoms with E-state index >= 15 is 0 Å². The molecule has 1 amide bonds. The van der Waals surface area contributed by atoms with Gasteiger partial charge in [0.1, 0.15) is 30.1 Å². The number of carbonyl (C=O) groups is 2. The molecule has 0 aromatic heterocycles. The molecule has 0 aliphatic carbocycles. The third-order valence-corrected chi connectivity index (χ3v) is 4.49. The van der Waals surface area contributed by atoms with Gasteiger partial charge >= 0.3 is 12.1 Å². The standard InChI is InChI=1S/C25H27F2NO6/c1-3-32-23(30)7-5-4-6-17(2)24(18-8-11-20(12-9-18)33-15-14-29)34-25(31)28-22-13-10-19(26)16-21(22)27/h4-13,16-17,24,29H,3,14-15H2,1-2H3,(H,28,31)/b6-4+,7-5+/t17-,24-/m1/s1. The van der Waals surface area contributed by atoms with Crippen LogP contribution in [0.1, 0.15) is 25.5 Å². The lowest BCUT2D eigenvalue weighted by molar-refractivity contribution is -0.137. The van der Waals surface area contributed by atoms with Crippen molar-refractivity contribution in [1.82, 2.24) is 0 Å². The predicted octanol–water partition coefficient (Wildman–Crippen LogP) is 4.94. The van der Waals surface area contributed by atoms with Crippen LogP contribution in [0.3, 0.4) is 0 Å². The van der Waals surface area contributed by atoms with Crippen LogP contribution >= 0.6 is 0 Å². The topological polar surface area (TPSA) is 94.1 Å². The van der Waals surface area contributed by atoms with Gasteiger partial charge in [-0.2, -0.15) is 0 Å². The fourth-order valence-electron chi connectivity index (χ4n) is 2.91. The summed E-state index contributed by atoms with van der Waals surface area (Å²) in [6.07, 6.45) is 4.39. The van der Waals surface area contributed by atoms with Gasteiger partial charge in [-0.3, -0.25) is 5.32 Å². The number of benzene rings is 2. The van der Waals surface area contributed by atoms with Gasteiger partial charge in [0.2, 0.25) is 0 Å². The van der Waals surface area contributed by atoms with Crippen LogP contribution < -0.4 is 10.1 Å². The number of rotatable bonds is 11. The molecule has 0 unspecified atom stereocenters. The van der Waals surface area contributed by atoms with E-state index in [0.717, 1.165) is 12.1 Å². The van der Waals surface area contributed by atoms with Gasteiger partial charge < -0.3 is 19.3 Å². The molecule has 2 rings (SSSR count). The number of esters is 1. The fraction of sp³-hybridized carbons (Fsp3) is 0.280. The fourth-order valence-corrected chi connectivity index (χ4v) is 2.91. The van der Waals surface area contributed by atoms with E-state index in [4.69, 9.17) is 19.3 Å². The maximum absolute atomic E-state index is 13.9. The summed E-state index contributed by atoms with van der Waals surface area (Å²) in [5.74, 6) is -2.02. The van der Waals surface area contributed by atoms with Crippen molar-refractivity contribution in [3.05, 3.63) is 84.0 Å². The third-order valence-electron chi connectivity index (χ3n) is 4.49. The number of nitrogens with one attached hydrogen (secondary N) is 1. The average molecular weight is 475 g/mol. The molecule has 0 fully saturated rings. The van der Waals surface area contributed by atoms with E-state index in [1.165, 1.54) is 12.2 Å². The highest BCUT2D eigenvalue weighted by atomic mass is 19.1. The summed E-state index contributed by atoms with van der Waals surface area (Å²) in [6.45, 7) is 3.77. The molecule has 2 atom stereocenters. The molecule has 34 heavy (non-hydrogen) atoms. The van der Waals surface area contributed by atoms with Gasteiger partial charge in [0.05, 0.1) is 18.9 Å². The van der Waals surface area contributed by atoms with Crippen molar-refractivity contribution in [3.8, 4) is 5.75 Å². The zero-order valence-electron chi connectivity index (χ0n) is 18.9. The van der Waals surface area contributed by atoms with Crippen molar-refractivity contribution in [3.63, 3.8) is 0 Å². The van der Waals surface area contributed by atoms with Crippen LogP contribution in [0.25, 0.3) is 0 Å². The van der Waals surface area contributed by atoms with Crippen molar-refractivity contribution in [1.29, 1.82) is 0 Å². The van der Waals surface area contributed by atoms with Crippen molar-refractivity contribution >= 4 is 17.7 Å². The lowest BCUT2D eigenvalue weighted by atomic mass is 9.96. The molecule has 9 heteroatoms. The SMILES string of the molecule is CCOC(=O)/C=C/C=C/[C@@H](C)[C@@H](OC(=O)Nc1ccc(F)cc1F)c1ccc(OCCO)cc1. The summed E-state index contributed by atoms with van der Waals surface area (Å²) in [5.41, 5.74) is 0.399. The Morgan fingerprint density at radius 3 is 2.50 bits per heavy atom. The lowest BCUT2D eigenvalue weighted by Crippen LogP contribution is -2.21. The zero-order valence-corrected chi connectivity index (χ0v) is 18.9. The summed E-state index contributed by atoms with van der Waals surface area (Å²) in [6, 6.07) is 9.48. The molecule has 182 valence electrons. The highest BCUT2D eigenvalue weighted by molar-refractivity contribution is 5.85. The molecule has 0 radical (unpaired) electrons. The summed E-state index contributed by atoms with van der Waals surface area (Å²) >= 11 is 0. The number of amides is 1. The lowest BCUT2D eigenvalue weighted by Gasteiger charge is -2.23. The number of carbonyl (C=O) groups excluding carboxylic acids is 2. The van der Waals surface area contributed by atoms with E-state index in [2.05, 4.69) is 5.32 Å². The van der Waals surface area contributed by atoms with E-state index in [1.54, 1.807) is 50.3 Å². The monoisotopic (exact) mass is 475 g/mol. The molecule has 0 spiro atoms. The second-order valence-electron chi connectivity index (χ2n) is 7.07. The number of anilines is 1. The van der Waals surface area contributed by atoms with Crippen molar-refractivity contribution in [2.45, 2.75) is 20.0 Å². The number of halogens is 2. The van der Waals surface area contributed by atoms with Crippen LogP contribution in [0, 0.1) is 17.6 Å². The van der Waals surface area contributed by atoms with Crippen molar-refractivity contribution in [2.24, 2.45) is 5.92 Å². The average Bonchev–Trinajstić information content (AvgIpc) is 2.81. The molecule has 0 heterocycles. The normalized spacial score (nSPS) is 13.0. The van der Waals surface area contributed by atoms with Crippen LogP contribution in [-0.2, 0) is 14.3 Å². The first-order valence-corrected chi connectivity index (χ1v) is 10.6. The van der Waals surface area contributed by atoms with E-state index < -0.39 is 29.8 Å². The van der Waals surface area contributed by atoms with E-state index in [9.17, 15) is 18.4 Å². The molecular weight excluding hydrogens is 448 g/mol.